The Morgan fingerprint density at radius 2 is 1.85 bits per heavy atom. The van der Waals surface area contributed by atoms with Crippen LogP contribution in [0.15, 0.2) is 24.3 Å². The van der Waals surface area contributed by atoms with Gasteiger partial charge in [-0.05, 0) is 88.3 Å². The molecule has 3 heterocycles. The second-order valence-electron chi connectivity index (χ2n) is 8.80. The Hall–Kier alpha value is -3.22. The molecule has 7 nitrogen and oxygen atoms in total. The summed E-state index contributed by atoms with van der Waals surface area (Å²) >= 11 is 0. The number of rotatable bonds is 7. The highest BCUT2D eigenvalue weighted by Gasteiger charge is 2.16. The minimum absolute atomic E-state index is 0.339. The Kier molecular flexibility index (Phi) is 7.06. The molecule has 0 atom stereocenters. The van der Waals surface area contributed by atoms with Crippen LogP contribution in [0.2, 0.25) is 0 Å². The van der Waals surface area contributed by atoms with E-state index in [0.717, 1.165) is 42.9 Å². The minimum Gasteiger partial charge on any atom is -0.424 e. The largest absolute Gasteiger partial charge is 0.424 e. The van der Waals surface area contributed by atoms with Crippen molar-refractivity contribution in [3.05, 3.63) is 52.6 Å². The fourth-order valence-electron chi connectivity index (χ4n) is 4.26. The van der Waals surface area contributed by atoms with E-state index in [1.165, 1.54) is 30.5 Å². The van der Waals surface area contributed by atoms with Crippen LogP contribution in [0.4, 0.5) is 5.95 Å². The normalized spacial score (nSPS) is 14.6. The zero-order valence-electron chi connectivity index (χ0n) is 20.4. The van der Waals surface area contributed by atoms with E-state index in [0.29, 0.717) is 23.5 Å². The number of hydrogen-bond acceptors (Lipinski definition) is 6. The average Bonchev–Trinajstić information content (AvgIpc) is 3.08. The van der Waals surface area contributed by atoms with Crippen LogP contribution in [0.3, 0.4) is 0 Å². The molecule has 1 saturated heterocycles. The zero-order valence-corrected chi connectivity index (χ0v) is 20.4. The summed E-state index contributed by atoms with van der Waals surface area (Å²) in [5, 5.41) is 4.83. The van der Waals surface area contributed by atoms with Gasteiger partial charge in [0.25, 0.3) is 0 Å². The van der Waals surface area contributed by atoms with E-state index in [9.17, 15) is 0 Å². The Morgan fingerprint density at radius 3 is 2.61 bits per heavy atom. The number of nitrogens with zero attached hydrogens (tertiary/aromatic N) is 6. The van der Waals surface area contributed by atoms with Gasteiger partial charge in [-0.1, -0.05) is 19.1 Å². The first-order valence-corrected chi connectivity index (χ1v) is 11.9. The van der Waals surface area contributed by atoms with E-state index >= 15 is 0 Å². The Balaban J connectivity index is 1.55. The summed E-state index contributed by atoms with van der Waals surface area (Å²) in [6, 6.07) is 8.33. The second-order valence-corrected chi connectivity index (χ2v) is 8.80. The maximum Gasteiger partial charge on any atom is 0.327 e. The van der Waals surface area contributed by atoms with Gasteiger partial charge in [0.05, 0.1) is 5.69 Å². The van der Waals surface area contributed by atoms with Crippen LogP contribution in [-0.4, -0.2) is 37.8 Å². The minimum atomic E-state index is 0.339. The standard InChI is InChI=1S/C26H34N6O/c1-6-13-32-20(4)19(3)24(30-32)18(2)16-22-11-10-12-23(17-22)33-26-28-21(5)27-25(29-26)31-14-8-7-9-15-31/h10-12,16-17H,6-9,13-15H2,1-5H3/b18-16+. The Morgan fingerprint density at radius 1 is 1.06 bits per heavy atom. The highest BCUT2D eigenvalue weighted by atomic mass is 16.5. The Labute approximate surface area is 196 Å². The summed E-state index contributed by atoms with van der Waals surface area (Å²) < 4.78 is 8.16. The van der Waals surface area contributed by atoms with E-state index in [4.69, 9.17) is 9.84 Å². The summed E-state index contributed by atoms with van der Waals surface area (Å²) in [4.78, 5) is 15.7. The summed E-state index contributed by atoms with van der Waals surface area (Å²) in [5.74, 6) is 2.08. The maximum atomic E-state index is 6.06. The lowest BCUT2D eigenvalue weighted by Gasteiger charge is -2.26. The van der Waals surface area contributed by atoms with Gasteiger partial charge in [-0.25, -0.2) is 0 Å². The zero-order chi connectivity index (χ0) is 23.4. The molecule has 33 heavy (non-hydrogen) atoms. The van der Waals surface area contributed by atoms with Gasteiger partial charge < -0.3 is 9.64 Å². The highest BCUT2D eigenvalue weighted by Crippen LogP contribution is 2.26. The molecule has 1 aromatic carbocycles. The first kappa shape index (κ1) is 23.0. The predicted octanol–water partition coefficient (Wildman–Crippen LogP) is 5.75. The van der Waals surface area contributed by atoms with Crippen molar-refractivity contribution in [1.82, 2.24) is 24.7 Å². The molecule has 7 heteroatoms. The van der Waals surface area contributed by atoms with Gasteiger partial charge >= 0.3 is 6.01 Å². The number of benzene rings is 1. The van der Waals surface area contributed by atoms with Crippen molar-refractivity contribution in [2.45, 2.75) is 66.8 Å². The van der Waals surface area contributed by atoms with Gasteiger partial charge in [-0.3, -0.25) is 4.68 Å². The first-order valence-electron chi connectivity index (χ1n) is 11.9. The number of hydrogen-bond donors (Lipinski definition) is 0. The molecule has 1 aliphatic rings. The fraction of sp³-hybridized carbons (Fsp3) is 0.462. The second kappa shape index (κ2) is 10.1. The molecule has 0 radical (unpaired) electrons. The van der Waals surface area contributed by atoms with Crippen LogP contribution in [-0.2, 0) is 6.54 Å². The third kappa shape index (κ3) is 5.41. The van der Waals surface area contributed by atoms with Gasteiger partial charge in [0.1, 0.15) is 11.6 Å². The molecular weight excluding hydrogens is 412 g/mol. The first-order chi connectivity index (χ1) is 15.9. The van der Waals surface area contributed by atoms with E-state index in [1.54, 1.807) is 0 Å². The van der Waals surface area contributed by atoms with Crippen molar-refractivity contribution in [2.75, 3.05) is 18.0 Å². The molecule has 0 N–H and O–H groups in total. The third-order valence-electron chi connectivity index (χ3n) is 6.12. The van der Waals surface area contributed by atoms with Crippen molar-refractivity contribution < 1.29 is 4.74 Å². The van der Waals surface area contributed by atoms with Crippen molar-refractivity contribution in [1.29, 1.82) is 0 Å². The molecule has 2 aromatic heterocycles. The SMILES string of the molecule is CCCn1nc(/C(C)=C/c2cccc(Oc3nc(C)nc(N4CCCCC4)n3)c2)c(C)c1C. The van der Waals surface area contributed by atoms with Crippen LogP contribution in [0.1, 0.15) is 67.9 Å². The van der Waals surface area contributed by atoms with E-state index in [2.05, 4.69) is 64.4 Å². The molecule has 0 saturated carbocycles. The summed E-state index contributed by atoms with van der Waals surface area (Å²) in [7, 11) is 0. The van der Waals surface area contributed by atoms with Crippen LogP contribution in [0.25, 0.3) is 11.6 Å². The predicted molar refractivity (Wildman–Crippen MR) is 133 cm³/mol. The monoisotopic (exact) mass is 446 g/mol. The van der Waals surface area contributed by atoms with Gasteiger partial charge in [-0.15, -0.1) is 0 Å². The molecule has 174 valence electrons. The maximum absolute atomic E-state index is 6.06. The van der Waals surface area contributed by atoms with Crippen molar-refractivity contribution >= 4 is 17.6 Å². The molecule has 0 bridgehead atoms. The van der Waals surface area contributed by atoms with Gasteiger partial charge in [0.15, 0.2) is 0 Å². The molecule has 0 amide bonds. The number of allylic oxidation sites excluding steroid dienone is 1. The number of anilines is 1. The number of aryl methyl sites for hydroxylation is 2. The van der Waals surface area contributed by atoms with Crippen molar-refractivity contribution in [2.24, 2.45) is 0 Å². The van der Waals surface area contributed by atoms with Crippen molar-refractivity contribution in [3.8, 4) is 11.8 Å². The van der Waals surface area contributed by atoms with E-state index in [1.807, 2.05) is 25.1 Å². The van der Waals surface area contributed by atoms with E-state index in [-0.39, 0.29) is 0 Å². The Bertz CT molecular complexity index is 1140. The van der Waals surface area contributed by atoms with Crippen LogP contribution in [0.5, 0.6) is 11.8 Å². The summed E-state index contributed by atoms with van der Waals surface area (Å²) in [6.07, 6.45) is 6.82. The van der Waals surface area contributed by atoms with Crippen LogP contribution in [0, 0.1) is 20.8 Å². The van der Waals surface area contributed by atoms with Gasteiger partial charge in [0, 0.05) is 25.3 Å². The van der Waals surface area contributed by atoms with Crippen molar-refractivity contribution in [3.63, 3.8) is 0 Å². The highest BCUT2D eigenvalue weighted by molar-refractivity contribution is 5.80. The van der Waals surface area contributed by atoms with Crippen LogP contribution >= 0.6 is 0 Å². The average molecular weight is 447 g/mol. The van der Waals surface area contributed by atoms with Gasteiger partial charge in [0.2, 0.25) is 5.95 Å². The molecular formula is C26H34N6O. The molecule has 0 unspecified atom stereocenters. The summed E-state index contributed by atoms with van der Waals surface area (Å²) in [5.41, 5.74) is 5.69. The summed E-state index contributed by atoms with van der Waals surface area (Å²) in [6.45, 7) is 13.3. The molecule has 0 spiro atoms. The quantitative estimate of drug-likeness (QED) is 0.460. The molecule has 3 aromatic rings. The number of ether oxygens (including phenoxy) is 1. The lowest BCUT2D eigenvalue weighted by Crippen LogP contribution is -2.31. The lowest BCUT2D eigenvalue weighted by molar-refractivity contribution is 0.435. The number of piperidine rings is 1. The molecule has 1 aliphatic heterocycles. The molecule has 1 fully saturated rings. The topological polar surface area (TPSA) is 69.0 Å². The lowest BCUT2D eigenvalue weighted by atomic mass is 10.1. The van der Waals surface area contributed by atoms with E-state index < -0.39 is 0 Å². The molecule has 0 aliphatic carbocycles. The van der Waals surface area contributed by atoms with Crippen LogP contribution < -0.4 is 9.64 Å². The van der Waals surface area contributed by atoms with Gasteiger partial charge in [-0.2, -0.15) is 20.1 Å². The fourth-order valence-corrected chi connectivity index (χ4v) is 4.26. The molecule has 4 rings (SSSR count). The number of aromatic nitrogens is 5. The third-order valence-corrected chi connectivity index (χ3v) is 6.12. The smallest absolute Gasteiger partial charge is 0.327 e.